The Kier molecular flexibility index (Phi) is 4.50. The van der Waals surface area contributed by atoms with Gasteiger partial charge in [-0.15, -0.1) is 0 Å². The first-order valence-electron chi connectivity index (χ1n) is 4.56. The second-order valence-electron chi connectivity index (χ2n) is 2.99. The van der Waals surface area contributed by atoms with E-state index in [-0.39, 0.29) is 11.3 Å². The van der Waals surface area contributed by atoms with Gasteiger partial charge in [0.05, 0.1) is 11.4 Å². The summed E-state index contributed by atoms with van der Waals surface area (Å²) in [5.41, 5.74) is 0.566. The number of nitriles is 2. The lowest BCUT2D eigenvalue weighted by atomic mass is 10.2. The number of nitrogens with zero attached hydrogens (tertiary/aromatic N) is 2. The van der Waals surface area contributed by atoms with E-state index in [0.29, 0.717) is 10.2 Å². The average molecular weight is 295 g/mol. The van der Waals surface area contributed by atoms with Crippen molar-refractivity contribution >= 4 is 27.3 Å². The summed E-state index contributed by atoms with van der Waals surface area (Å²) in [6, 6.07) is 6.32. The lowest BCUT2D eigenvalue weighted by Gasteiger charge is -2.10. The van der Waals surface area contributed by atoms with Gasteiger partial charge in [0.2, 0.25) is 0 Å². The summed E-state index contributed by atoms with van der Waals surface area (Å²) in [6.45, 7) is 0. The minimum Gasteiger partial charge on any atom is -0.386 e. The van der Waals surface area contributed by atoms with Crippen molar-refractivity contribution in [3.05, 3.63) is 34.2 Å². The summed E-state index contributed by atoms with van der Waals surface area (Å²) in [6.07, 6.45) is 1.16. The van der Waals surface area contributed by atoms with Crippen LogP contribution in [0.5, 0.6) is 0 Å². The topological polar surface area (TPSA) is 71.6 Å². The molecule has 1 aromatic carbocycles. The molecule has 2 N–H and O–H groups in total. The zero-order chi connectivity index (χ0) is 12.8. The molecule has 1 rings (SSSR count). The third-order valence-corrected chi connectivity index (χ3v) is 2.38. The van der Waals surface area contributed by atoms with E-state index in [0.717, 1.165) is 6.20 Å². The van der Waals surface area contributed by atoms with Crippen molar-refractivity contribution in [1.82, 2.24) is 0 Å². The molecule has 0 aromatic heterocycles. The molecule has 0 aliphatic carbocycles. The van der Waals surface area contributed by atoms with Crippen LogP contribution in [0.15, 0.2) is 28.4 Å². The van der Waals surface area contributed by atoms with Crippen LogP contribution < -0.4 is 10.6 Å². The maximum absolute atomic E-state index is 13.6. The highest BCUT2D eigenvalue weighted by Crippen LogP contribution is 2.29. The molecule has 0 bridgehead atoms. The fourth-order valence-corrected chi connectivity index (χ4v) is 1.58. The van der Waals surface area contributed by atoms with Crippen molar-refractivity contribution in [3.8, 4) is 12.1 Å². The Bertz CT molecular complexity index is 524. The Morgan fingerprint density at radius 1 is 1.41 bits per heavy atom. The van der Waals surface area contributed by atoms with Crippen LogP contribution in [0, 0.1) is 28.5 Å². The monoisotopic (exact) mass is 294 g/mol. The molecular formula is C11H8BrFN4. The molecule has 0 atom stereocenters. The van der Waals surface area contributed by atoms with E-state index in [1.807, 2.05) is 0 Å². The van der Waals surface area contributed by atoms with Crippen LogP contribution in [-0.4, -0.2) is 7.05 Å². The molecule has 86 valence electrons. The second-order valence-corrected chi connectivity index (χ2v) is 3.90. The van der Waals surface area contributed by atoms with E-state index in [1.54, 1.807) is 25.3 Å². The number of allylic oxidation sites excluding steroid dienone is 1. The first-order valence-corrected chi connectivity index (χ1v) is 5.35. The summed E-state index contributed by atoms with van der Waals surface area (Å²) in [7, 11) is 1.64. The summed E-state index contributed by atoms with van der Waals surface area (Å²) in [5, 5.41) is 22.5. The highest BCUT2D eigenvalue weighted by Gasteiger charge is 2.08. The van der Waals surface area contributed by atoms with Gasteiger partial charge in [-0.25, -0.2) is 4.39 Å². The molecule has 0 aliphatic rings. The van der Waals surface area contributed by atoms with Crippen molar-refractivity contribution < 1.29 is 4.39 Å². The molecule has 0 amide bonds. The van der Waals surface area contributed by atoms with Crippen LogP contribution in [0.2, 0.25) is 0 Å². The maximum Gasteiger partial charge on any atom is 0.149 e. The van der Waals surface area contributed by atoms with Gasteiger partial charge in [0.15, 0.2) is 0 Å². The Morgan fingerprint density at radius 3 is 2.59 bits per heavy atom. The number of nitrogens with one attached hydrogen (secondary N) is 2. The lowest BCUT2D eigenvalue weighted by molar-refractivity contribution is 0.631. The SMILES string of the molecule is CNc1cc(Br)cc(F)c1NC=C(C#N)C#N. The smallest absolute Gasteiger partial charge is 0.149 e. The van der Waals surface area contributed by atoms with E-state index in [9.17, 15) is 4.39 Å². The van der Waals surface area contributed by atoms with Crippen molar-refractivity contribution in [3.63, 3.8) is 0 Å². The van der Waals surface area contributed by atoms with Crippen molar-refractivity contribution in [2.75, 3.05) is 17.7 Å². The number of benzene rings is 1. The fourth-order valence-electron chi connectivity index (χ4n) is 1.15. The van der Waals surface area contributed by atoms with E-state index >= 15 is 0 Å². The van der Waals surface area contributed by atoms with E-state index in [1.165, 1.54) is 6.07 Å². The maximum atomic E-state index is 13.6. The zero-order valence-corrected chi connectivity index (χ0v) is 10.5. The average Bonchev–Trinajstić information content (AvgIpc) is 2.31. The molecule has 0 radical (unpaired) electrons. The van der Waals surface area contributed by atoms with Gasteiger partial charge in [-0.05, 0) is 12.1 Å². The quantitative estimate of drug-likeness (QED) is 0.841. The molecule has 0 saturated heterocycles. The molecule has 4 nitrogen and oxygen atoms in total. The molecular weight excluding hydrogens is 287 g/mol. The number of rotatable bonds is 3. The molecule has 6 heteroatoms. The highest BCUT2D eigenvalue weighted by molar-refractivity contribution is 9.10. The molecule has 0 aliphatic heterocycles. The summed E-state index contributed by atoms with van der Waals surface area (Å²) < 4.78 is 14.2. The predicted octanol–water partition coefficient (Wildman–Crippen LogP) is 2.97. The Hall–Kier alpha value is -2.05. The van der Waals surface area contributed by atoms with E-state index in [2.05, 4.69) is 26.6 Å². The number of halogens is 2. The molecule has 0 spiro atoms. The third-order valence-electron chi connectivity index (χ3n) is 1.93. The third kappa shape index (κ3) is 3.20. The predicted molar refractivity (Wildman–Crippen MR) is 66.6 cm³/mol. The largest absolute Gasteiger partial charge is 0.386 e. The highest BCUT2D eigenvalue weighted by atomic mass is 79.9. The van der Waals surface area contributed by atoms with Crippen LogP contribution in [0.4, 0.5) is 15.8 Å². The van der Waals surface area contributed by atoms with Crippen LogP contribution in [0.1, 0.15) is 0 Å². The van der Waals surface area contributed by atoms with Gasteiger partial charge in [-0.3, -0.25) is 0 Å². The summed E-state index contributed by atoms with van der Waals surface area (Å²) in [4.78, 5) is 0. The second kappa shape index (κ2) is 5.88. The first kappa shape index (κ1) is 13.0. The Balaban J connectivity index is 3.12. The zero-order valence-electron chi connectivity index (χ0n) is 8.88. The van der Waals surface area contributed by atoms with Crippen LogP contribution in [0.3, 0.4) is 0 Å². The molecule has 1 aromatic rings. The van der Waals surface area contributed by atoms with Gasteiger partial charge in [-0.2, -0.15) is 10.5 Å². The van der Waals surface area contributed by atoms with Gasteiger partial charge in [-0.1, -0.05) is 15.9 Å². The normalized spacial score (nSPS) is 8.76. The minimum atomic E-state index is -0.491. The van der Waals surface area contributed by atoms with E-state index < -0.39 is 5.82 Å². The van der Waals surface area contributed by atoms with Gasteiger partial charge < -0.3 is 10.6 Å². The fraction of sp³-hybridized carbons (Fsp3) is 0.0909. The summed E-state index contributed by atoms with van der Waals surface area (Å²) >= 11 is 3.17. The van der Waals surface area contributed by atoms with E-state index in [4.69, 9.17) is 10.5 Å². The molecule has 0 heterocycles. The molecule has 0 unspecified atom stereocenters. The van der Waals surface area contributed by atoms with Crippen molar-refractivity contribution in [1.29, 1.82) is 10.5 Å². The van der Waals surface area contributed by atoms with Gasteiger partial charge >= 0.3 is 0 Å². The molecule has 0 saturated carbocycles. The molecule has 0 fully saturated rings. The Morgan fingerprint density at radius 2 is 2.06 bits per heavy atom. The number of anilines is 2. The van der Waals surface area contributed by atoms with Gasteiger partial charge in [0.25, 0.3) is 0 Å². The van der Waals surface area contributed by atoms with Gasteiger partial charge in [0, 0.05) is 17.7 Å². The van der Waals surface area contributed by atoms with Crippen LogP contribution in [-0.2, 0) is 0 Å². The van der Waals surface area contributed by atoms with Gasteiger partial charge in [0.1, 0.15) is 23.5 Å². The summed E-state index contributed by atoms with van der Waals surface area (Å²) in [5.74, 6) is -0.491. The van der Waals surface area contributed by atoms with Crippen LogP contribution >= 0.6 is 15.9 Å². The lowest BCUT2D eigenvalue weighted by Crippen LogP contribution is -2.00. The Labute approximate surface area is 106 Å². The van der Waals surface area contributed by atoms with Crippen molar-refractivity contribution in [2.24, 2.45) is 0 Å². The van der Waals surface area contributed by atoms with Crippen molar-refractivity contribution in [2.45, 2.75) is 0 Å². The standard InChI is InChI=1S/C11H8BrFN4/c1-16-10-3-8(12)2-9(13)11(10)17-6-7(4-14)5-15/h2-3,6,16-17H,1H3. The molecule has 17 heavy (non-hydrogen) atoms. The number of hydrogen-bond donors (Lipinski definition) is 2. The first-order chi connectivity index (χ1) is 8.12. The number of hydrogen-bond acceptors (Lipinski definition) is 4. The van der Waals surface area contributed by atoms with Crippen LogP contribution in [0.25, 0.3) is 0 Å². The minimum absolute atomic E-state index is 0.130.